The van der Waals surface area contributed by atoms with Gasteiger partial charge in [-0.2, -0.15) is 0 Å². The first-order chi connectivity index (χ1) is 8.62. The normalized spacial score (nSPS) is 10.9. The fraction of sp³-hybridized carbons (Fsp3) is 0.538. The van der Waals surface area contributed by atoms with E-state index in [0.717, 1.165) is 30.3 Å². The second-order valence-corrected chi connectivity index (χ2v) is 5.04. The number of hydrogen-bond acceptors (Lipinski definition) is 4. The highest BCUT2D eigenvalue weighted by atomic mass is 32.2. The standard InChI is InChI=1S/C13H21FN2OS/c1-4-16(5-2)6-7-18-13-9-12(17-3)10(14)8-11(13)15/h8-9H,4-7,15H2,1-3H3. The zero-order valence-corrected chi connectivity index (χ0v) is 12.0. The summed E-state index contributed by atoms with van der Waals surface area (Å²) in [5.41, 5.74) is 6.27. The minimum Gasteiger partial charge on any atom is -0.494 e. The van der Waals surface area contributed by atoms with Gasteiger partial charge < -0.3 is 15.4 Å². The zero-order chi connectivity index (χ0) is 13.5. The molecule has 0 aliphatic carbocycles. The summed E-state index contributed by atoms with van der Waals surface area (Å²) in [4.78, 5) is 3.21. The fourth-order valence-electron chi connectivity index (χ4n) is 1.66. The van der Waals surface area contributed by atoms with Crippen molar-refractivity contribution in [2.24, 2.45) is 0 Å². The molecule has 0 atom stereocenters. The van der Waals surface area contributed by atoms with Crippen LogP contribution in [0.3, 0.4) is 0 Å². The molecular formula is C13H21FN2OS. The van der Waals surface area contributed by atoms with Crippen molar-refractivity contribution in [1.82, 2.24) is 4.90 Å². The molecule has 0 aliphatic heterocycles. The third-order valence-electron chi connectivity index (χ3n) is 2.84. The number of nitrogens with two attached hydrogens (primary N) is 1. The molecule has 1 rings (SSSR count). The van der Waals surface area contributed by atoms with Crippen molar-refractivity contribution < 1.29 is 9.13 Å². The molecule has 102 valence electrons. The summed E-state index contributed by atoms with van der Waals surface area (Å²) in [6, 6.07) is 2.98. The van der Waals surface area contributed by atoms with E-state index >= 15 is 0 Å². The fourth-order valence-corrected chi connectivity index (χ4v) is 2.64. The van der Waals surface area contributed by atoms with Crippen LogP contribution >= 0.6 is 11.8 Å². The van der Waals surface area contributed by atoms with Crippen LogP contribution in [0, 0.1) is 5.82 Å². The molecule has 0 aromatic heterocycles. The maximum Gasteiger partial charge on any atom is 0.167 e. The molecule has 0 unspecified atom stereocenters. The lowest BCUT2D eigenvalue weighted by atomic mass is 10.3. The number of anilines is 1. The first-order valence-electron chi connectivity index (χ1n) is 6.10. The summed E-state index contributed by atoms with van der Waals surface area (Å²) in [6.07, 6.45) is 0. The predicted molar refractivity (Wildman–Crippen MR) is 75.9 cm³/mol. The van der Waals surface area contributed by atoms with E-state index in [9.17, 15) is 4.39 Å². The van der Waals surface area contributed by atoms with Crippen LogP contribution < -0.4 is 10.5 Å². The van der Waals surface area contributed by atoms with Crippen LogP contribution in [0.1, 0.15) is 13.8 Å². The zero-order valence-electron chi connectivity index (χ0n) is 11.2. The first-order valence-corrected chi connectivity index (χ1v) is 7.09. The van der Waals surface area contributed by atoms with E-state index in [1.54, 1.807) is 17.8 Å². The van der Waals surface area contributed by atoms with Gasteiger partial charge in [-0.25, -0.2) is 4.39 Å². The number of methoxy groups -OCH3 is 1. The second-order valence-electron chi connectivity index (χ2n) is 3.90. The highest BCUT2D eigenvalue weighted by Gasteiger charge is 2.09. The Morgan fingerprint density at radius 3 is 2.56 bits per heavy atom. The maximum absolute atomic E-state index is 13.4. The molecule has 1 aromatic carbocycles. The number of thioether (sulfide) groups is 1. The number of nitrogens with zero attached hydrogens (tertiary/aromatic N) is 1. The number of hydrogen-bond donors (Lipinski definition) is 1. The lowest BCUT2D eigenvalue weighted by Gasteiger charge is -2.17. The Kier molecular flexibility index (Phi) is 6.29. The number of benzene rings is 1. The quantitative estimate of drug-likeness (QED) is 0.612. The average Bonchev–Trinajstić information content (AvgIpc) is 2.37. The largest absolute Gasteiger partial charge is 0.494 e. The first kappa shape index (κ1) is 15.1. The van der Waals surface area contributed by atoms with Crippen molar-refractivity contribution in [1.29, 1.82) is 0 Å². The smallest absolute Gasteiger partial charge is 0.167 e. The SMILES string of the molecule is CCN(CC)CCSc1cc(OC)c(F)cc1N. The Morgan fingerprint density at radius 1 is 1.33 bits per heavy atom. The van der Waals surface area contributed by atoms with Crippen molar-refractivity contribution in [2.75, 3.05) is 38.2 Å². The molecule has 0 fully saturated rings. The molecule has 0 amide bonds. The van der Waals surface area contributed by atoms with Gasteiger partial charge in [0.15, 0.2) is 11.6 Å². The maximum atomic E-state index is 13.4. The van der Waals surface area contributed by atoms with Gasteiger partial charge in [-0.05, 0) is 19.2 Å². The van der Waals surface area contributed by atoms with Crippen LogP contribution in [0.5, 0.6) is 5.75 Å². The van der Waals surface area contributed by atoms with Gasteiger partial charge in [0.2, 0.25) is 0 Å². The van der Waals surface area contributed by atoms with Gasteiger partial charge in [-0.3, -0.25) is 0 Å². The molecule has 0 saturated carbocycles. The van der Waals surface area contributed by atoms with E-state index in [1.807, 2.05) is 0 Å². The number of nitrogen functional groups attached to an aromatic ring is 1. The van der Waals surface area contributed by atoms with Crippen LogP contribution in [0.25, 0.3) is 0 Å². The van der Waals surface area contributed by atoms with Gasteiger partial charge in [0.05, 0.1) is 7.11 Å². The van der Waals surface area contributed by atoms with Crippen LogP contribution in [0.4, 0.5) is 10.1 Å². The summed E-state index contributed by atoms with van der Waals surface area (Å²) in [7, 11) is 1.46. The molecule has 0 heterocycles. The highest BCUT2D eigenvalue weighted by molar-refractivity contribution is 7.99. The average molecular weight is 272 g/mol. The van der Waals surface area contributed by atoms with Crippen LogP contribution in [0.15, 0.2) is 17.0 Å². The summed E-state index contributed by atoms with van der Waals surface area (Å²) >= 11 is 1.63. The number of ether oxygens (including phenoxy) is 1. The summed E-state index contributed by atoms with van der Waals surface area (Å²) < 4.78 is 18.3. The van der Waals surface area contributed by atoms with E-state index in [-0.39, 0.29) is 5.75 Å². The van der Waals surface area contributed by atoms with Gasteiger partial charge in [-0.15, -0.1) is 11.8 Å². The molecule has 0 spiro atoms. The molecule has 0 aliphatic rings. The van der Waals surface area contributed by atoms with Crippen molar-refractivity contribution in [3.05, 3.63) is 17.9 Å². The van der Waals surface area contributed by atoms with Crippen LogP contribution in [0.2, 0.25) is 0 Å². The summed E-state index contributed by atoms with van der Waals surface area (Å²) in [6.45, 7) is 7.36. The molecule has 0 saturated heterocycles. The Labute approximate surface area is 112 Å². The highest BCUT2D eigenvalue weighted by Crippen LogP contribution is 2.31. The monoisotopic (exact) mass is 272 g/mol. The summed E-state index contributed by atoms with van der Waals surface area (Å²) in [5, 5.41) is 0. The second kappa shape index (κ2) is 7.48. The molecule has 3 nitrogen and oxygen atoms in total. The molecule has 18 heavy (non-hydrogen) atoms. The van der Waals surface area contributed by atoms with E-state index < -0.39 is 5.82 Å². The Balaban J connectivity index is 2.61. The van der Waals surface area contributed by atoms with Crippen molar-refractivity contribution in [2.45, 2.75) is 18.7 Å². The number of halogens is 1. The van der Waals surface area contributed by atoms with Crippen LogP contribution in [-0.2, 0) is 0 Å². The predicted octanol–water partition coefficient (Wildman–Crippen LogP) is 2.85. The minimum absolute atomic E-state index is 0.245. The lowest BCUT2D eigenvalue weighted by molar-refractivity contribution is 0.324. The topological polar surface area (TPSA) is 38.5 Å². The van der Waals surface area contributed by atoms with Crippen molar-refractivity contribution in [3.8, 4) is 5.75 Å². The van der Waals surface area contributed by atoms with Gasteiger partial charge in [-0.1, -0.05) is 13.8 Å². The third-order valence-corrected chi connectivity index (χ3v) is 3.89. The van der Waals surface area contributed by atoms with E-state index in [0.29, 0.717) is 5.69 Å². The van der Waals surface area contributed by atoms with Gasteiger partial charge in [0.25, 0.3) is 0 Å². The number of rotatable bonds is 7. The van der Waals surface area contributed by atoms with Crippen molar-refractivity contribution >= 4 is 17.4 Å². The van der Waals surface area contributed by atoms with Crippen molar-refractivity contribution in [3.63, 3.8) is 0 Å². The molecule has 0 bridgehead atoms. The Hall–Kier alpha value is -0.940. The van der Waals surface area contributed by atoms with Crippen LogP contribution in [-0.4, -0.2) is 37.4 Å². The molecule has 0 radical (unpaired) electrons. The summed E-state index contributed by atoms with van der Waals surface area (Å²) in [5.74, 6) is 0.762. The van der Waals surface area contributed by atoms with Gasteiger partial charge in [0, 0.05) is 28.9 Å². The van der Waals surface area contributed by atoms with Gasteiger partial charge in [0.1, 0.15) is 0 Å². The van der Waals surface area contributed by atoms with E-state index in [2.05, 4.69) is 18.7 Å². The molecular weight excluding hydrogens is 251 g/mol. The van der Waals surface area contributed by atoms with Gasteiger partial charge >= 0.3 is 0 Å². The third kappa shape index (κ3) is 4.07. The molecule has 5 heteroatoms. The van der Waals surface area contributed by atoms with E-state index in [1.165, 1.54) is 13.2 Å². The van der Waals surface area contributed by atoms with E-state index in [4.69, 9.17) is 10.5 Å². The Morgan fingerprint density at radius 2 is 2.00 bits per heavy atom. The Bertz CT molecular complexity index is 383. The lowest BCUT2D eigenvalue weighted by Crippen LogP contribution is -2.25. The minimum atomic E-state index is -0.414. The molecule has 1 aromatic rings. The molecule has 2 N–H and O–H groups in total.